The summed E-state index contributed by atoms with van der Waals surface area (Å²) in [6, 6.07) is 12.6. The van der Waals surface area contributed by atoms with E-state index in [2.05, 4.69) is 17.6 Å². The van der Waals surface area contributed by atoms with Gasteiger partial charge in [-0.05, 0) is 99.3 Å². The van der Waals surface area contributed by atoms with E-state index in [0.29, 0.717) is 36.5 Å². The number of aliphatic imine (C=N–C) groups is 1. The summed E-state index contributed by atoms with van der Waals surface area (Å²) in [6.07, 6.45) is -1.46. The van der Waals surface area contributed by atoms with Crippen molar-refractivity contribution in [2.24, 2.45) is 4.99 Å². The van der Waals surface area contributed by atoms with Gasteiger partial charge in [0.1, 0.15) is 23.4 Å². The Kier molecular flexibility index (Phi) is 17.4. The van der Waals surface area contributed by atoms with Gasteiger partial charge in [-0.1, -0.05) is 30.3 Å². The van der Waals surface area contributed by atoms with E-state index in [-0.39, 0.29) is 43.6 Å². The standard InChI is InChI=1S/C39H57N3O11S/c1-37(2,3)51-34(44)40-33(42(21-23-54)36(46)53-39(7,8)9)41(35(45)52-38(4,5)6)20-16-13-17-22-49-32(43)28-24-29(47-10)31(30(25-28)48-11)50-26-27-18-14-12-15-19-27/h12,14-15,18-19,24-25,54H,13,16-17,20-23,26H2,1-11H3/b40-33+. The minimum absolute atomic E-state index is 0.0186. The van der Waals surface area contributed by atoms with Gasteiger partial charge >= 0.3 is 24.2 Å². The SMILES string of the molecule is COc1cc(C(=O)OCCCCCN(C(=O)OC(C)(C)C)/C(=N\C(=O)OC(C)(C)C)N(CCS)C(=O)OC(C)(C)C)cc(OC)c1OCc1ccccc1. The highest BCUT2D eigenvalue weighted by atomic mass is 32.1. The minimum Gasteiger partial charge on any atom is -0.493 e. The van der Waals surface area contributed by atoms with Gasteiger partial charge < -0.3 is 33.2 Å². The first-order valence-corrected chi connectivity index (χ1v) is 18.3. The van der Waals surface area contributed by atoms with Crippen molar-refractivity contribution in [3.8, 4) is 17.2 Å². The molecule has 0 aliphatic heterocycles. The molecule has 0 fully saturated rings. The van der Waals surface area contributed by atoms with Crippen LogP contribution in [0.3, 0.4) is 0 Å². The number of guanidine groups is 1. The zero-order chi connectivity index (χ0) is 40.7. The van der Waals surface area contributed by atoms with Crippen LogP contribution in [-0.4, -0.2) is 96.5 Å². The Morgan fingerprint density at radius 2 is 1.22 bits per heavy atom. The fourth-order valence-corrected chi connectivity index (χ4v) is 4.78. The zero-order valence-corrected chi connectivity index (χ0v) is 34.4. The maximum Gasteiger partial charge on any atom is 0.437 e. The summed E-state index contributed by atoms with van der Waals surface area (Å²) in [4.78, 5) is 59.5. The number of esters is 1. The molecule has 0 bridgehead atoms. The predicted octanol–water partition coefficient (Wildman–Crippen LogP) is 8.31. The normalized spacial score (nSPS) is 12.0. The Balaban J connectivity index is 2.24. The summed E-state index contributed by atoms with van der Waals surface area (Å²) < 4.78 is 39.2. The van der Waals surface area contributed by atoms with Gasteiger partial charge in [0.2, 0.25) is 11.7 Å². The third-order valence-electron chi connectivity index (χ3n) is 6.80. The van der Waals surface area contributed by atoms with E-state index < -0.39 is 41.1 Å². The van der Waals surface area contributed by atoms with Crippen LogP contribution in [0.25, 0.3) is 0 Å². The van der Waals surface area contributed by atoms with Crippen molar-refractivity contribution >= 4 is 42.8 Å². The Morgan fingerprint density at radius 3 is 1.70 bits per heavy atom. The molecule has 0 aliphatic carbocycles. The van der Waals surface area contributed by atoms with Crippen LogP contribution in [0.5, 0.6) is 17.2 Å². The molecule has 2 aromatic rings. The van der Waals surface area contributed by atoms with Crippen LogP contribution in [0, 0.1) is 0 Å². The lowest BCUT2D eigenvalue weighted by Crippen LogP contribution is -2.53. The zero-order valence-electron chi connectivity index (χ0n) is 33.5. The van der Waals surface area contributed by atoms with Crippen LogP contribution in [0.15, 0.2) is 47.5 Å². The number of benzene rings is 2. The Labute approximate surface area is 324 Å². The van der Waals surface area contributed by atoms with Crippen LogP contribution >= 0.6 is 12.6 Å². The fraction of sp³-hybridized carbons (Fsp3) is 0.564. The molecule has 0 heterocycles. The molecule has 14 nitrogen and oxygen atoms in total. The van der Waals surface area contributed by atoms with Gasteiger partial charge in [-0.3, -0.25) is 0 Å². The molecule has 0 unspecified atom stereocenters. The van der Waals surface area contributed by atoms with Crippen molar-refractivity contribution in [3.63, 3.8) is 0 Å². The van der Waals surface area contributed by atoms with Crippen molar-refractivity contribution in [1.29, 1.82) is 0 Å². The molecule has 0 atom stereocenters. The highest BCUT2D eigenvalue weighted by molar-refractivity contribution is 7.80. The third kappa shape index (κ3) is 16.1. The molecule has 0 saturated heterocycles. The monoisotopic (exact) mass is 775 g/mol. The van der Waals surface area contributed by atoms with Crippen LogP contribution in [0.4, 0.5) is 14.4 Å². The summed E-state index contributed by atoms with van der Waals surface area (Å²) in [7, 11) is 2.93. The second kappa shape index (κ2) is 20.7. The number of rotatable bonds is 14. The number of carbonyl (C=O) groups is 4. The van der Waals surface area contributed by atoms with Crippen molar-refractivity contribution < 1.29 is 52.3 Å². The number of nitrogens with zero attached hydrogens (tertiary/aromatic N) is 3. The first kappa shape index (κ1) is 45.5. The van der Waals surface area contributed by atoms with Crippen LogP contribution in [0.1, 0.15) is 97.5 Å². The first-order valence-electron chi connectivity index (χ1n) is 17.7. The molecule has 15 heteroatoms. The Bertz CT molecular complexity index is 1550. The van der Waals surface area contributed by atoms with Crippen molar-refractivity contribution in [3.05, 3.63) is 53.6 Å². The highest BCUT2D eigenvalue weighted by Crippen LogP contribution is 2.39. The van der Waals surface area contributed by atoms with E-state index in [9.17, 15) is 19.2 Å². The number of methoxy groups -OCH3 is 2. The number of unbranched alkanes of at least 4 members (excludes halogenated alkanes) is 2. The highest BCUT2D eigenvalue weighted by Gasteiger charge is 2.35. The van der Waals surface area contributed by atoms with Crippen LogP contribution in [0.2, 0.25) is 0 Å². The average molecular weight is 776 g/mol. The maximum absolute atomic E-state index is 13.7. The lowest BCUT2D eigenvalue weighted by atomic mass is 10.1. The molecule has 0 spiro atoms. The summed E-state index contributed by atoms with van der Waals surface area (Å²) >= 11 is 4.29. The van der Waals surface area contributed by atoms with E-state index in [1.165, 1.54) is 26.4 Å². The lowest BCUT2D eigenvalue weighted by Gasteiger charge is -2.34. The molecule has 0 aliphatic rings. The van der Waals surface area contributed by atoms with Gasteiger partial charge in [-0.15, -0.1) is 4.99 Å². The number of hydrogen-bond donors (Lipinski definition) is 1. The lowest BCUT2D eigenvalue weighted by molar-refractivity contribution is 0.0279. The number of hydrogen-bond acceptors (Lipinski definition) is 12. The van der Waals surface area contributed by atoms with Gasteiger partial charge in [-0.2, -0.15) is 12.6 Å². The van der Waals surface area contributed by atoms with Crippen LogP contribution in [-0.2, 0) is 25.6 Å². The number of thiol groups is 1. The molecule has 2 aromatic carbocycles. The molecule has 0 aromatic heterocycles. The van der Waals surface area contributed by atoms with E-state index in [1.54, 1.807) is 62.3 Å². The molecule has 3 amide bonds. The van der Waals surface area contributed by atoms with E-state index >= 15 is 0 Å². The maximum atomic E-state index is 13.7. The summed E-state index contributed by atoms with van der Waals surface area (Å²) in [5, 5.41) is 0. The largest absolute Gasteiger partial charge is 0.493 e. The van der Waals surface area contributed by atoms with Gasteiger partial charge in [0.15, 0.2) is 11.5 Å². The third-order valence-corrected chi connectivity index (χ3v) is 7.00. The number of amides is 3. The van der Waals surface area contributed by atoms with E-state index in [4.69, 9.17) is 33.2 Å². The quantitative estimate of drug-likeness (QED) is 0.0493. The summed E-state index contributed by atoms with van der Waals surface area (Å²) in [5.41, 5.74) is -1.57. The van der Waals surface area contributed by atoms with Crippen molar-refractivity contribution in [2.75, 3.05) is 39.7 Å². The molecule has 0 radical (unpaired) electrons. The fourth-order valence-electron chi connectivity index (χ4n) is 4.58. The van der Waals surface area contributed by atoms with E-state index in [1.807, 2.05) is 30.3 Å². The summed E-state index contributed by atoms with van der Waals surface area (Å²) in [5.74, 6) is 0.198. The van der Waals surface area contributed by atoms with E-state index in [0.717, 1.165) is 15.4 Å². The minimum atomic E-state index is -1.02. The molecular formula is C39H57N3O11S. The number of ether oxygens (including phenoxy) is 7. The second-order valence-corrected chi connectivity index (χ2v) is 15.5. The first-order chi connectivity index (χ1) is 25.2. The predicted molar refractivity (Wildman–Crippen MR) is 208 cm³/mol. The van der Waals surface area contributed by atoms with Gasteiger partial charge in [0.25, 0.3) is 0 Å². The second-order valence-electron chi connectivity index (χ2n) is 15.1. The van der Waals surface area contributed by atoms with Gasteiger partial charge in [0, 0.05) is 18.8 Å². The average Bonchev–Trinajstić information content (AvgIpc) is 3.06. The topological polar surface area (TPSA) is 152 Å². The summed E-state index contributed by atoms with van der Waals surface area (Å²) in [6.45, 7) is 15.4. The molecule has 54 heavy (non-hydrogen) atoms. The molecule has 2 rings (SSSR count). The molecule has 0 N–H and O–H groups in total. The molecular weight excluding hydrogens is 719 g/mol. The van der Waals surface area contributed by atoms with Gasteiger partial charge in [0.05, 0.1) is 26.4 Å². The number of carbonyl (C=O) groups excluding carboxylic acids is 4. The Morgan fingerprint density at radius 1 is 0.704 bits per heavy atom. The Hall–Kier alpha value is -4.66. The molecule has 0 saturated carbocycles. The van der Waals surface area contributed by atoms with Crippen molar-refractivity contribution in [2.45, 2.75) is 105 Å². The molecule has 300 valence electrons. The van der Waals surface area contributed by atoms with Crippen molar-refractivity contribution in [1.82, 2.24) is 9.80 Å². The smallest absolute Gasteiger partial charge is 0.437 e. The van der Waals surface area contributed by atoms with Gasteiger partial charge in [-0.25, -0.2) is 29.0 Å². The van der Waals surface area contributed by atoms with Crippen LogP contribution < -0.4 is 14.2 Å².